The smallest absolute Gasteiger partial charge is 0.306 e. The number of hydrogen-bond acceptors (Lipinski definition) is 5. The zero-order valence-corrected chi connectivity index (χ0v) is 37.1. The Morgan fingerprint density at radius 1 is 0.509 bits per heavy atom. The molecule has 0 bridgehead atoms. The van der Waals surface area contributed by atoms with Gasteiger partial charge in [0.05, 0.1) is 25.2 Å². The van der Waals surface area contributed by atoms with Crippen LogP contribution in [0.1, 0.15) is 265 Å². The van der Waals surface area contributed by atoms with Crippen LogP contribution < -0.4 is 5.32 Å². The molecule has 0 spiro atoms. The average Bonchev–Trinajstić information content (AvgIpc) is 3.18. The first-order valence-electron chi connectivity index (χ1n) is 24.4. The van der Waals surface area contributed by atoms with E-state index in [-0.39, 0.29) is 24.9 Å². The van der Waals surface area contributed by atoms with Gasteiger partial charge >= 0.3 is 5.97 Å². The van der Waals surface area contributed by atoms with Gasteiger partial charge in [0, 0.05) is 6.42 Å². The van der Waals surface area contributed by atoms with Crippen LogP contribution in [-0.4, -0.2) is 46.9 Å². The molecule has 0 aromatic rings. The summed E-state index contributed by atoms with van der Waals surface area (Å²) in [5.41, 5.74) is 0. The molecule has 6 heteroatoms. The van der Waals surface area contributed by atoms with E-state index < -0.39 is 18.2 Å². The van der Waals surface area contributed by atoms with Gasteiger partial charge in [-0.15, -0.1) is 0 Å². The van der Waals surface area contributed by atoms with Crippen LogP contribution in [0.2, 0.25) is 0 Å². The van der Waals surface area contributed by atoms with Gasteiger partial charge in [0.25, 0.3) is 0 Å². The first kappa shape index (κ1) is 53.6. The lowest BCUT2D eigenvalue weighted by Crippen LogP contribution is -2.46. The summed E-state index contributed by atoms with van der Waals surface area (Å²) in [5, 5.41) is 23.6. The molecule has 3 unspecified atom stereocenters. The monoisotopic (exact) mass is 778 g/mol. The molecular formula is C49H95NO5. The van der Waals surface area contributed by atoms with E-state index in [9.17, 15) is 19.8 Å². The number of esters is 1. The summed E-state index contributed by atoms with van der Waals surface area (Å²) in [6, 6.07) is -0.693. The molecule has 0 aliphatic carbocycles. The molecular weight excluding hydrogens is 683 g/mol. The Labute approximate surface area is 342 Å². The number of hydrogen-bond donors (Lipinski definition) is 3. The number of carbonyl (C=O) groups is 2. The molecule has 6 nitrogen and oxygen atoms in total. The lowest BCUT2D eigenvalue weighted by molar-refractivity contribution is -0.151. The van der Waals surface area contributed by atoms with E-state index in [1.165, 1.54) is 173 Å². The van der Waals surface area contributed by atoms with Crippen LogP contribution in [0.3, 0.4) is 0 Å². The highest BCUT2D eigenvalue weighted by Gasteiger charge is 2.24. The van der Waals surface area contributed by atoms with E-state index >= 15 is 0 Å². The maximum atomic E-state index is 13.1. The molecule has 0 saturated carbocycles. The topological polar surface area (TPSA) is 95.9 Å². The summed E-state index contributed by atoms with van der Waals surface area (Å²) in [6.07, 6.45) is 47.0. The van der Waals surface area contributed by atoms with Crippen molar-refractivity contribution < 1.29 is 24.5 Å². The van der Waals surface area contributed by atoms with Crippen molar-refractivity contribution in [1.82, 2.24) is 5.32 Å². The van der Waals surface area contributed by atoms with E-state index in [0.717, 1.165) is 44.9 Å². The molecule has 0 rings (SSSR count). The standard InChI is InChI=1S/C49H95NO5/c1-4-7-10-13-16-19-21-22-23-24-25-26-27-30-33-36-39-42-49(54)55-45(40-37-34-31-28-18-15-12-9-6-3)43-48(53)50-46(44-51)47(52)41-38-35-32-29-20-17-14-11-8-5-2/h22-23,45-47,51-52H,4-21,24-44H2,1-3H3,(H,50,53)/b23-22+. The third-order valence-electron chi connectivity index (χ3n) is 11.3. The van der Waals surface area contributed by atoms with E-state index in [2.05, 4.69) is 38.2 Å². The van der Waals surface area contributed by atoms with Gasteiger partial charge in [0.15, 0.2) is 0 Å². The fourth-order valence-corrected chi connectivity index (χ4v) is 7.60. The number of aliphatic hydroxyl groups is 2. The second-order valence-electron chi connectivity index (χ2n) is 16.9. The first-order valence-corrected chi connectivity index (χ1v) is 24.4. The van der Waals surface area contributed by atoms with Gasteiger partial charge in [-0.1, -0.05) is 213 Å². The maximum absolute atomic E-state index is 13.1. The minimum atomic E-state index is -0.780. The zero-order valence-electron chi connectivity index (χ0n) is 37.1. The molecule has 1 amide bonds. The molecule has 0 heterocycles. The number of unbranched alkanes of at least 4 members (excludes halogenated alkanes) is 30. The highest BCUT2D eigenvalue weighted by atomic mass is 16.5. The highest BCUT2D eigenvalue weighted by Crippen LogP contribution is 2.18. The molecule has 0 fully saturated rings. The molecule has 0 aromatic heterocycles. The van der Waals surface area contributed by atoms with Crippen molar-refractivity contribution in [3.8, 4) is 0 Å². The predicted octanol–water partition coefficient (Wildman–Crippen LogP) is 14.2. The lowest BCUT2D eigenvalue weighted by Gasteiger charge is -2.24. The van der Waals surface area contributed by atoms with E-state index in [1.54, 1.807) is 0 Å². The highest BCUT2D eigenvalue weighted by molar-refractivity contribution is 5.77. The molecule has 326 valence electrons. The van der Waals surface area contributed by atoms with Gasteiger partial charge in [-0.25, -0.2) is 0 Å². The Morgan fingerprint density at radius 3 is 1.29 bits per heavy atom. The predicted molar refractivity (Wildman–Crippen MR) is 237 cm³/mol. The van der Waals surface area contributed by atoms with Crippen LogP contribution in [0.5, 0.6) is 0 Å². The van der Waals surface area contributed by atoms with E-state index in [4.69, 9.17) is 4.74 Å². The van der Waals surface area contributed by atoms with Crippen LogP contribution in [-0.2, 0) is 14.3 Å². The van der Waals surface area contributed by atoms with E-state index in [1.807, 2.05) is 0 Å². The van der Waals surface area contributed by atoms with E-state index in [0.29, 0.717) is 19.3 Å². The molecule has 0 aromatic carbocycles. The Morgan fingerprint density at radius 2 is 0.873 bits per heavy atom. The van der Waals surface area contributed by atoms with Crippen molar-refractivity contribution in [1.29, 1.82) is 0 Å². The molecule has 3 N–H and O–H groups in total. The van der Waals surface area contributed by atoms with Gasteiger partial charge in [-0.2, -0.15) is 0 Å². The Balaban J connectivity index is 4.44. The number of nitrogens with one attached hydrogen (secondary N) is 1. The molecule has 0 aliphatic heterocycles. The Bertz CT molecular complexity index is 832. The number of amides is 1. The minimum absolute atomic E-state index is 0.0818. The minimum Gasteiger partial charge on any atom is -0.462 e. The van der Waals surface area contributed by atoms with Crippen LogP contribution in [0.25, 0.3) is 0 Å². The second-order valence-corrected chi connectivity index (χ2v) is 16.9. The van der Waals surface area contributed by atoms with Gasteiger partial charge in [-0.05, 0) is 51.4 Å². The Hall–Kier alpha value is -1.40. The number of rotatable bonds is 44. The Kier molecular flexibility index (Phi) is 42.6. The summed E-state index contributed by atoms with van der Waals surface area (Å²) in [5.74, 6) is -0.468. The third-order valence-corrected chi connectivity index (χ3v) is 11.3. The van der Waals surface area contributed by atoms with Crippen molar-refractivity contribution >= 4 is 11.9 Å². The molecule has 0 aliphatic rings. The first-order chi connectivity index (χ1) is 27.0. The van der Waals surface area contributed by atoms with Crippen LogP contribution in [0.15, 0.2) is 12.2 Å². The van der Waals surface area contributed by atoms with Crippen molar-refractivity contribution in [2.45, 2.75) is 283 Å². The molecule has 55 heavy (non-hydrogen) atoms. The van der Waals surface area contributed by atoms with Gasteiger partial charge < -0.3 is 20.3 Å². The molecule has 3 atom stereocenters. The average molecular weight is 778 g/mol. The van der Waals surface area contributed by atoms with Crippen LogP contribution in [0.4, 0.5) is 0 Å². The fraction of sp³-hybridized carbons (Fsp3) is 0.918. The number of carbonyl (C=O) groups excluding carboxylic acids is 2. The van der Waals surface area contributed by atoms with Crippen LogP contribution >= 0.6 is 0 Å². The van der Waals surface area contributed by atoms with Crippen molar-refractivity contribution in [3.05, 3.63) is 12.2 Å². The van der Waals surface area contributed by atoms with Crippen molar-refractivity contribution in [2.75, 3.05) is 6.61 Å². The molecule has 0 radical (unpaired) electrons. The summed E-state index contributed by atoms with van der Waals surface area (Å²) in [4.78, 5) is 26.0. The SMILES string of the molecule is CCCCCCCC/C=C/CCCCCCCCCC(=O)OC(CCCCCCCCCCC)CC(=O)NC(CO)C(O)CCCCCCCCCCCC. The van der Waals surface area contributed by atoms with Crippen molar-refractivity contribution in [3.63, 3.8) is 0 Å². The lowest BCUT2D eigenvalue weighted by atomic mass is 10.0. The second kappa shape index (κ2) is 43.7. The fourth-order valence-electron chi connectivity index (χ4n) is 7.60. The summed E-state index contributed by atoms with van der Waals surface area (Å²) in [6.45, 7) is 6.46. The van der Waals surface area contributed by atoms with Gasteiger partial charge in [-0.3, -0.25) is 9.59 Å². The van der Waals surface area contributed by atoms with Gasteiger partial charge in [0.2, 0.25) is 5.91 Å². The number of allylic oxidation sites excluding steroid dienone is 2. The third kappa shape index (κ3) is 39.2. The van der Waals surface area contributed by atoms with Crippen LogP contribution in [0, 0.1) is 0 Å². The van der Waals surface area contributed by atoms with Crippen molar-refractivity contribution in [2.24, 2.45) is 0 Å². The maximum Gasteiger partial charge on any atom is 0.306 e. The summed E-state index contributed by atoms with van der Waals surface area (Å²) < 4.78 is 5.91. The largest absolute Gasteiger partial charge is 0.462 e. The number of aliphatic hydroxyl groups excluding tert-OH is 2. The zero-order chi connectivity index (χ0) is 40.3. The molecule has 0 saturated heterocycles. The summed E-state index contributed by atoms with van der Waals surface area (Å²) >= 11 is 0. The van der Waals surface area contributed by atoms with Gasteiger partial charge in [0.1, 0.15) is 6.10 Å². The number of ether oxygens (including phenoxy) is 1. The normalized spacial score (nSPS) is 13.3. The summed E-state index contributed by atoms with van der Waals surface area (Å²) in [7, 11) is 0. The quantitative estimate of drug-likeness (QED) is 0.0325.